The Morgan fingerprint density at radius 3 is 2.83 bits per heavy atom. The normalized spacial score (nSPS) is 17.4. The molecule has 1 unspecified atom stereocenters. The van der Waals surface area contributed by atoms with Gasteiger partial charge in [0.1, 0.15) is 17.1 Å². The number of thiazole rings is 1. The van der Waals surface area contributed by atoms with Gasteiger partial charge in [0.2, 0.25) is 4.77 Å². The highest BCUT2D eigenvalue weighted by molar-refractivity contribution is 7.71. The minimum absolute atomic E-state index is 0.300. The third-order valence-corrected chi connectivity index (χ3v) is 7.15. The fourth-order valence-corrected chi connectivity index (χ4v) is 5.46. The maximum Gasteiger partial charge on any atom is 0.203 e. The van der Waals surface area contributed by atoms with Crippen LogP contribution in [0.5, 0.6) is 5.75 Å². The van der Waals surface area contributed by atoms with Crippen LogP contribution in [0.25, 0.3) is 15.9 Å². The van der Waals surface area contributed by atoms with Crippen LogP contribution < -0.4 is 4.74 Å². The third kappa shape index (κ3) is 3.55. The van der Waals surface area contributed by atoms with Gasteiger partial charge >= 0.3 is 0 Å². The molecular weight excluding hydrogens is 414 g/mol. The minimum Gasteiger partial charge on any atom is -0.495 e. The third-order valence-electron chi connectivity index (χ3n) is 5.60. The number of methoxy groups -OCH3 is 1. The van der Waals surface area contributed by atoms with Gasteiger partial charge in [-0.1, -0.05) is 30.7 Å². The number of hydrogen-bond donors (Lipinski definition) is 0. The zero-order valence-corrected chi connectivity index (χ0v) is 18.4. The minimum atomic E-state index is 0.300. The van der Waals surface area contributed by atoms with Crippen LogP contribution in [0.4, 0.5) is 0 Å². The molecule has 1 aliphatic rings. The SMILES string of the molecule is COc1ccccc1-n1cnn(CN2CCCCC2c2nc3ccccc3s2)c1=S. The Morgan fingerprint density at radius 2 is 1.97 bits per heavy atom. The largest absolute Gasteiger partial charge is 0.495 e. The maximum atomic E-state index is 5.76. The molecule has 4 aromatic rings. The second-order valence-electron chi connectivity index (χ2n) is 7.44. The van der Waals surface area contributed by atoms with E-state index in [1.54, 1.807) is 24.8 Å². The Balaban J connectivity index is 1.44. The number of nitrogens with zero attached hydrogens (tertiary/aromatic N) is 5. The fraction of sp³-hybridized carbons (Fsp3) is 0.318. The van der Waals surface area contributed by atoms with Gasteiger partial charge in [-0.3, -0.25) is 9.47 Å². The van der Waals surface area contributed by atoms with E-state index < -0.39 is 0 Å². The van der Waals surface area contributed by atoms with Gasteiger partial charge < -0.3 is 4.74 Å². The van der Waals surface area contributed by atoms with Crippen LogP contribution in [-0.4, -0.2) is 37.9 Å². The summed E-state index contributed by atoms with van der Waals surface area (Å²) in [5, 5.41) is 5.78. The van der Waals surface area contributed by atoms with Crippen LogP contribution in [0.3, 0.4) is 0 Å². The van der Waals surface area contributed by atoms with Crippen LogP contribution in [-0.2, 0) is 6.67 Å². The molecule has 1 fully saturated rings. The van der Waals surface area contributed by atoms with Crippen molar-refractivity contribution in [1.82, 2.24) is 24.2 Å². The van der Waals surface area contributed by atoms with Gasteiger partial charge in [-0.2, -0.15) is 5.10 Å². The van der Waals surface area contributed by atoms with Crippen LogP contribution in [0.2, 0.25) is 0 Å². The second-order valence-corrected chi connectivity index (χ2v) is 8.87. The predicted molar refractivity (Wildman–Crippen MR) is 122 cm³/mol. The lowest BCUT2D eigenvalue weighted by Gasteiger charge is -2.34. The van der Waals surface area contributed by atoms with E-state index in [1.807, 2.05) is 39.6 Å². The van der Waals surface area contributed by atoms with Gasteiger partial charge in [0.15, 0.2) is 0 Å². The Morgan fingerprint density at radius 1 is 1.13 bits per heavy atom. The van der Waals surface area contributed by atoms with Crippen molar-refractivity contribution in [2.45, 2.75) is 32.0 Å². The smallest absolute Gasteiger partial charge is 0.203 e. The van der Waals surface area contributed by atoms with Crippen LogP contribution >= 0.6 is 23.6 Å². The molecule has 8 heteroatoms. The molecule has 0 amide bonds. The lowest BCUT2D eigenvalue weighted by molar-refractivity contribution is 0.103. The summed E-state index contributed by atoms with van der Waals surface area (Å²) < 4.78 is 11.2. The van der Waals surface area contributed by atoms with Gasteiger partial charge in [0.05, 0.1) is 35.7 Å². The Bertz CT molecular complexity index is 1190. The summed E-state index contributed by atoms with van der Waals surface area (Å²) >= 11 is 7.56. The van der Waals surface area contributed by atoms with Gasteiger partial charge in [-0.05, 0) is 49.3 Å². The maximum absolute atomic E-state index is 5.76. The highest BCUT2D eigenvalue weighted by atomic mass is 32.1. The summed E-state index contributed by atoms with van der Waals surface area (Å²) in [4.78, 5) is 7.38. The van der Waals surface area contributed by atoms with Crippen molar-refractivity contribution >= 4 is 33.8 Å². The number of ether oxygens (including phenoxy) is 1. The van der Waals surface area contributed by atoms with Crippen molar-refractivity contribution in [2.75, 3.05) is 13.7 Å². The number of fused-ring (bicyclic) bond motifs is 1. The van der Waals surface area contributed by atoms with Gasteiger partial charge in [0.25, 0.3) is 0 Å². The summed E-state index contributed by atoms with van der Waals surface area (Å²) in [6.07, 6.45) is 5.29. The van der Waals surface area contributed by atoms with E-state index in [9.17, 15) is 0 Å². The standard InChI is InChI=1S/C22H23N5OS2/c1-28-19-11-4-3-9-17(19)26-14-23-27(22(26)29)15-25-13-7-6-10-18(25)21-24-16-8-2-5-12-20(16)30-21/h2-5,8-9,11-12,14,18H,6-7,10,13,15H2,1H3. The molecule has 3 heterocycles. The number of hydrogen-bond acceptors (Lipinski definition) is 6. The van der Waals surface area contributed by atoms with Crippen molar-refractivity contribution in [2.24, 2.45) is 0 Å². The van der Waals surface area contributed by atoms with Crippen LogP contribution in [0.1, 0.15) is 30.3 Å². The van der Waals surface area contributed by atoms with Crippen LogP contribution in [0.15, 0.2) is 54.9 Å². The molecule has 2 aromatic heterocycles. The van der Waals surface area contributed by atoms with Crippen molar-refractivity contribution in [3.05, 3.63) is 64.6 Å². The van der Waals surface area contributed by atoms with Crippen LogP contribution in [0, 0.1) is 4.77 Å². The number of benzene rings is 2. The van der Waals surface area contributed by atoms with Crippen molar-refractivity contribution < 1.29 is 4.74 Å². The predicted octanol–water partition coefficient (Wildman–Crippen LogP) is 5.21. The van der Waals surface area contributed by atoms with E-state index in [0.29, 0.717) is 17.5 Å². The van der Waals surface area contributed by atoms with Crippen molar-refractivity contribution in [1.29, 1.82) is 0 Å². The number of rotatable bonds is 5. The summed E-state index contributed by atoms with van der Waals surface area (Å²) in [7, 11) is 1.67. The average Bonchev–Trinajstić information content (AvgIpc) is 3.38. The lowest BCUT2D eigenvalue weighted by atomic mass is 10.0. The molecule has 5 rings (SSSR count). The molecule has 1 aliphatic heterocycles. The van der Waals surface area contributed by atoms with Gasteiger partial charge in [-0.15, -0.1) is 11.3 Å². The van der Waals surface area contributed by atoms with E-state index in [1.165, 1.54) is 22.5 Å². The van der Waals surface area contributed by atoms with E-state index in [0.717, 1.165) is 29.9 Å². The van der Waals surface area contributed by atoms with E-state index in [4.69, 9.17) is 21.9 Å². The number of para-hydroxylation sites is 3. The average molecular weight is 438 g/mol. The molecule has 0 aliphatic carbocycles. The molecule has 154 valence electrons. The zero-order valence-electron chi connectivity index (χ0n) is 16.8. The first-order chi connectivity index (χ1) is 14.7. The lowest BCUT2D eigenvalue weighted by Crippen LogP contribution is -2.35. The molecule has 0 bridgehead atoms. The molecule has 6 nitrogen and oxygen atoms in total. The monoisotopic (exact) mass is 437 g/mol. The Labute approximate surface area is 184 Å². The van der Waals surface area contributed by atoms with E-state index in [-0.39, 0.29) is 0 Å². The molecule has 30 heavy (non-hydrogen) atoms. The zero-order chi connectivity index (χ0) is 20.5. The molecule has 0 spiro atoms. The topological polar surface area (TPSA) is 48.1 Å². The Kier molecular flexibility index (Phi) is 5.37. The van der Waals surface area contributed by atoms with Crippen molar-refractivity contribution in [3.8, 4) is 11.4 Å². The summed E-state index contributed by atoms with van der Waals surface area (Å²) in [5.74, 6) is 0.776. The number of likely N-dealkylation sites (tertiary alicyclic amines) is 1. The molecular formula is C22H23N5OS2. The van der Waals surface area contributed by atoms with E-state index >= 15 is 0 Å². The highest BCUT2D eigenvalue weighted by Crippen LogP contribution is 2.36. The summed E-state index contributed by atoms with van der Waals surface area (Å²) in [6, 6.07) is 16.5. The second kappa shape index (κ2) is 8.29. The first kappa shape index (κ1) is 19.4. The summed E-state index contributed by atoms with van der Waals surface area (Å²) in [6.45, 7) is 1.67. The molecule has 1 saturated heterocycles. The molecule has 1 atom stereocenters. The highest BCUT2D eigenvalue weighted by Gasteiger charge is 2.27. The molecule has 0 N–H and O–H groups in total. The van der Waals surface area contributed by atoms with Gasteiger partial charge in [0, 0.05) is 6.54 Å². The van der Waals surface area contributed by atoms with Crippen molar-refractivity contribution in [3.63, 3.8) is 0 Å². The first-order valence-electron chi connectivity index (χ1n) is 10.1. The quantitative estimate of drug-likeness (QED) is 0.401. The van der Waals surface area contributed by atoms with E-state index in [2.05, 4.69) is 28.2 Å². The number of piperidine rings is 1. The first-order valence-corrected chi connectivity index (χ1v) is 11.3. The summed E-state index contributed by atoms with van der Waals surface area (Å²) in [5.41, 5.74) is 1.98. The Hall–Kier alpha value is -2.55. The fourth-order valence-electron chi connectivity index (χ4n) is 4.07. The molecule has 2 aromatic carbocycles. The van der Waals surface area contributed by atoms with Gasteiger partial charge in [-0.25, -0.2) is 9.67 Å². The molecule has 0 radical (unpaired) electrons. The molecule has 0 saturated carbocycles. The number of aromatic nitrogens is 4.